The van der Waals surface area contributed by atoms with Crippen LogP contribution in [0.5, 0.6) is 34.5 Å². The van der Waals surface area contributed by atoms with Gasteiger partial charge in [0.25, 0.3) is 0 Å². The molecule has 0 N–H and O–H groups in total. The minimum atomic E-state index is -0.733. The van der Waals surface area contributed by atoms with Gasteiger partial charge in [-0.2, -0.15) is 0 Å². The molecule has 1 fully saturated rings. The Balaban J connectivity index is 1.20. The van der Waals surface area contributed by atoms with E-state index >= 15 is 0 Å². The van der Waals surface area contributed by atoms with E-state index in [2.05, 4.69) is 162 Å². The Bertz CT molecular complexity index is 2510. The Morgan fingerprint density at radius 2 is 0.688 bits per heavy atom. The summed E-state index contributed by atoms with van der Waals surface area (Å²) in [5, 5.41) is 0. The van der Waals surface area contributed by atoms with E-state index in [0.717, 1.165) is 46.6 Å². The van der Waals surface area contributed by atoms with E-state index in [9.17, 15) is 9.59 Å². The Kier molecular flexibility index (Phi) is 18.6. The van der Waals surface area contributed by atoms with Crippen molar-refractivity contribution in [3.8, 4) is 34.5 Å². The highest BCUT2D eigenvalue weighted by atomic mass is 16.7. The van der Waals surface area contributed by atoms with Crippen LogP contribution < -0.4 is 28.4 Å². The molecule has 10 heteroatoms. The summed E-state index contributed by atoms with van der Waals surface area (Å²) in [6, 6.07) is 36.1. The van der Waals surface area contributed by atoms with Crippen LogP contribution in [-0.2, 0) is 36.5 Å². The summed E-state index contributed by atoms with van der Waals surface area (Å²) in [4.78, 5) is 26.0. The number of carbonyl (C=O) groups is 2. The van der Waals surface area contributed by atoms with Gasteiger partial charge in [-0.25, -0.2) is 9.59 Å². The second-order valence-corrected chi connectivity index (χ2v) is 26.8. The fourth-order valence-corrected chi connectivity index (χ4v) is 10.2. The van der Waals surface area contributed by atoms with Gasteiger partial charge in [0.2, 0.25) is 0 Å². The number of hydrogen-bond donors (Lipinski definition) is 0. The van der Waals surface area contributed by atoms with Crippen molar-refractivity contribution in [2.75, 3.05) is 26.4 Å². The molecule has 77 heavy (non-hydrogen) atoms. The molecule has 0 bridgehead atoms. The molecule has 0 atom stereocenters. The average Bonchev–Trinajstić information content (AvgIpc) is 3.33. The predicted molar refractivity (Wildman–Crippen MR) is 309 cm³/mol. The summed E-state index contributed by atoms with van der Waals surface area (Å²) in [6.45, 7) is 37.4. The second-order valence-electron chi connectivity index (χ2n) is 26.8. The SMILES string of the molecule is CC(C)(C)OC(=O)Oc1c(C(C)(C)C)cc(OCCOc2ccc(C(c3ccccc3)(c3ccc(OCCOc4cc(C(C)(C)C)c(OC(=O)OC(C)(C)C)c(C(C)(C)C)c4)cc3)C3CCCCC3)cc2)cc1C(C)(C)C. The quantitative estimate of drug-likeness (QED) is 0.0410. The Labute approximate surface area is 461 Å². The summed E-state index contributed by atoms with van der Waals surface area (Å²) < 4.78 is 48.6. The lowest BCUT2D eigenvalue weighted by atomic mass is 9.58. The van der Waals surface area contributed by atoms with E-state index in [1.807, 2.05) is 65.8 Å². The number of benzene rings is 5. The van der Waals surface area contributed by atoms with E-state index in [1.54, 1.807) is 0 Å². The Morgan fingerprint density at radius 1 is 0.390 bits per heavy atom. The minimum absolute atomic E-state index is 0.313. The van der Waals surface area contributed by atoms with Crippen molar-refractivity contribution in [1.29, 1.82) is 0 Å². The van der Waals surface area contributed by atoms with Gasteiger partial charge in [0, 0.05) is 27.7 Å². The molecule has 0 radical (unpaired) electrons. The topological polar surface area (TPSA) is 108 Å². The second kappa shape index (κ2) is 23.8. The molecule has 418 valence electrons. The van der Waals surface area contributed by atoms with Crippen molar-refractivity contribution in [3.05, 3.63) is 142 Å². The molecule has 10 nitrogen and oxygen atoms in total. The van der Waals surface area contributed by atoms with Gasteiger partial charge in [0.05, 0.1) is 0 Å². The van der Waals surface area contributed by atoms with Crippen molar-refractivity contribution < 1.29 is 47.5 Å². The van der Waals surface area contributed by atoms with Crippen LogP contribution in [0.4, 0.5) is 9.59 Å². The first-order valence-electron chi connectivity index (χ1n) is 27.7. The molecule has 5 aromatic rings. The first kappa shape index (κ1) is 60.1. The first-order valence-corrected chi connectivity index (χ1v) is 27.7. The zero-order valence-corrected chi connectivity index (χ0v) is 49.8. The molecule has 0 heterocycles. The fraction of sp³-hybridized carbons (Fsp3) is 0.522. The summed E-state index contributed by atoms with van der Waals surface area (Å²) in [5.41, 5.74) is 3.87. The summed E-state index contributed by atoms with van der Waals surface area (Å²) in [6.07, 6.45) is 4.37. The van der Waals surface area contributed by atoms with Gasteiger partial charge in [-0.05, 0) is 147 Å². The van der Waals surface area contributed by atoms with Crippen LogP contribution in [0, 0.1) is 5.92 Å². The van der Waals surface area contributed by atoms with Crippen molar-refractivity contribution in [1.82, 2.24) is 0 Å². The fourth-order valence-electron chi connectivity index (χ4n) is 10.2. The minimum Gasteiger partial charge on any atom is -0.490 e. The van der Waals surface area contributed by atoms with Gasteiger partial charge in [0.15, 0.2) is 0 Å². The van der Waals surface area contributed by atoms with Crippen LogP contribution in [-0.4, -0.2) is 49.9 Å². The maximum Gasteiger partial charge on any atom is 0.514 e. The molecule has 1 aliphatic carbocycles. The molecular formula is C67H90O10. The molecule has 1 saturated carbocycles. The number of ether oxygens (including phenoxy) is 8. The van der Waals surface area contributed by atoms with E-state index in [4.69, 9.17) is 37.9 Å². The van der Waals surface area contributed by atoms with Crippen molar-refractivity contribution in [3.63, 3.8) is 0 Å². The molecule has 0 amide bonds. The van der Waals surface area contributed by atoms with Crippen LogP contribution in [0.2, 0.25) is 0 Å². The van der Waals surface area contributed by atoms with E-state index in [1.165, 1.54) is 36.0 Å². The molecule has 1 aliphatic rings. The lowest BCUT2D eigenvalue weighted by Crippen LogP contribution is -2.39. The zero-order valence-electron chi connectivity index (χ0n) is 49.8. The van der Waals surface area contributed by atoms with Gasteiger partial charge in [-0.1, -0.05) is 157 Å². The summed E-state index contributed by atoms with van der Waals surface area (Å²) in [7, 11) is 0. The number of rotatable bonds is 16. The third-order valence-corrected chi connectivity index (χ3v) is 13.8. The highest BCUT2D eigenvalue weighted by Crippen LogP contribution is 2.51. The highest BCUT2D eigenvalue weighted by molar-refractivity contribution is 5.69. The maximum absolute atomic E-state index is 13.0. The van der Waals surface area contributed by atoms with Gasteiger partial charge in [-0.15, -0.1) is 0 Å². The van der Waals surface area contributed by atoms with E-state index in [0.29, 0.717) is 55.3 Å². The first-order chi connectivity index (χ1) is 35.8. The maximum atomic E-state index is 13.0. The van der Waals surface area contributed by atoms with Crippen LogP contribution in [0.1, 0.15) is 196 Å². The van der Waals surface area contributed by atoms with Gasteiger partial charge in [-0.3, -0.25) is 0 Å². The van der Waals surface area contributed by atoms with Crippen LogP contribution in [0.3, 0.4) is 0 Å². The molecule has 0 aromatic heterocycles. The van der Waals surface area contributed by atoms with Crippen LogP contribution in [0.15, 0.2) is 103 Å². The summed E-state index contributed by atoms with van der Waals surface area (Å²) in [5.74, 6) is 4.26. The van der Waals surface area contributed by atoms with Crippen LogP contribution >= 0.6 is 0 Å². The predicted octanol–water partition coefficient (Wildman–Crippen LogP) is 17.3. The molecular weight excluding hydrogens is 965 g/mol. The number of carbonyl (C=O) groups excluding carboxylic acids is 2. The van der Waals surface area contributed by atoms with Crippen molar-refractivity contribution in [2.24, 2.45) is 5.92 Å². The Hall–Kier alpha value is -6.16. The van der Waals surface area contributed by atoms with Crippen molar-refractivity contribution >= 4 is 12.3 Å². The van der Waals surface area contributed by atoms with Gasteiger partial charge in [0.1, 0.15) is 72.1 Å². The third-order valence-electron chi connectivity index (χ3n) is 13.8. The molecule has 0 saturated heterocycles. The normalized spacial score (nSPS) is 14.1. The zero-order chi connectivity index (χ0) is 56.8. The standard InChI is InChI=1S/C67H90O10/c1-61(2,3)53-41-51(42-54(62(4,5)6)57(53)74-59(68)76-65(13,14)15)72-39-37-70-49-33-29-47(30-34-49)67(45-25-21-19-22-26-45,46-27-23-20-24-28-46)48-31-35-50(36-32-48)71-38-40-73-52-43-55(63(7,8)9)58(56(44-52)64(10,11)12)75-60(69)77-66(16,17)18/h19,21-22,25-26,29-36,41-44,46H,20,23-24,27-28,37-40H2,1-18H3. The lowest BCUT2D eigenvalue weighted by Gasteiger charge is -2.44. The Morgan fingerprint density at radius 3 is 0.987 bits per heavy atom. The third kappa shape index (κ3) is 16.0. The monoisotopic (exact) mass is 1050 g/mol. The highest BCUT2D eigenvalue weighted by Gasteiger charge is 2.44. The van der Waals surface area contributed by atoms with Gasteiger partial charge >= 0.3 is 12.3 Å². The number of hydrogen-bond acceptors (Lipinski definition) is 10. The van der Waals surface area contributed by atoms with Crippen molar-refractivity contribution in [2.45, 2.75) is 195 Å². The summed E-state index contributed by atoms with van der Waals surface area (Å²) >= 11 is 0. The average molecular weight is 1060 g/mol. The molecule has 0 unspecified atom stereocenters. The van der Waals surface area contributed by atoms with E-state index in [-0.39, 0.29) is 21.7 Å². The molecule has 0 aliphatic heterocycles. The largest absolute Gasteiger partial charge is 0.514 e. The van der Waals surface area contributed by atoms with Crippen LogP contribution in [0.25, 0.3) is 0 Å². The van der Waals surface area contributed by atoms with E-state index < -0.39 is 28.9 Å². The lowest BCUT2D eigenvalue weighted by molar-refractivity contribution is 0.0185. The van der Waals surface area contributed by atoms with Gasteiger partial charge < -0.3 is 37.9 Å². The molecule has 5 aromatic carbocycles. The molecule has 6 rings (SSSR count). The smallest absolute Gasteiger partial charge is 0.490 e. The molecule has 0 spiro atoms.